The Balaban J connectivity index is 1.88. The average Bonchev–Trinajstić information content (AvgIpc) is 2.68. The second-order valence-electron chi connectivity index (χ2n) is 4.04. The van der Waals surface area contributed by atoms with Crippen molar-refractivity contribution in [2.24, 2.45) is 0 Å². The quantitative estimate of drug-likeness (QED) is 0.778. The Hall–Kier alpha value is -1.60. The number of hydrogen-bond acceptors (Lipinski definition) is 4. The van der Waals surface area contributed by atoms with Crippen molar-refractivity contribution in [1.29, 1.82) is 0 Å². The summed E-state index contributed by atoms with van der Waals surface area (Å²) in [6, 6.07) is 2.25. The lowest BCUT2D eigenvalue weighted by Gasteiger charge is -2.14. The summed E-state index contributed by atoms with van der Waals surface area (Å²) in [5, 5.41) is 7.27. The van der Waals surface area contributed by atoms with Crippen LogP contribution in [-0.4, -0.2) is 23.9 Å². The van der Waals surface area contributed by atoms with Gasteiger partial charge < -0.3 is 10.6 Å². The summed E-state index contributed by atoms with van der Waals surface area (Å²) in [4.78, 5) is 35.2. The molecule has 0 radical (unpaired) electrons. The maximum atomic E-state index is 11.9. The van der Waals surface area contributed by atoms with Crippen molar-refractivity contribution in [2.45, 2.75) is 25.4 Å². The maximum absolute atomic E-state index is 11.9. The third-order valence-electron chi connectivity index (χ3n) is 2.60. The summed E-state index contributed by atoms with van der Waals surface area (Å²) in [5.41, 5.74) is 0. The summed E-state index contributed by atoms with van der Waals surface area (Å²) in [6.45, 7) is 0.351. The van der Waals surface area contributed by atoms with Crippen LogP contribution < -0.4 is 16.0 Å². The Bertz CT molecular complexity index is 517. The Morgan fingerprint density at radius 1 is 1.47 bits per heavy atom. The first-order valence-electron chi connectivity index (χ1n) is 5.67. The van der Waals surface area contributed by atoms with Gasteiger partial charge in [0.25, 0.3) is 0 Å². The molecular weight excluding hydrogens is 290 g/mol. The van der Waals surface area contributed by atoms with Gasteiger partial charge in [-0.05, 0) is 18.6 Å². The smallest absolute Gasteiger partial charge is 0.322 e. The zero-order valence-electron chi connectivity index (χ0n) is 9.86. The molecular formula is C11H12ClN3O3S. The van der Waals surface area contributed by atoms with Crippen LogP contribution in [0.5, 0.6) is 0 Å². The van der Waals surface area contributed by atoms with Crippen LogP contribution in [-0.2, 0) is 16.1 Å². The first kappa shape index (κ1) is 13.8. The lowest BCUT2D eigenvalue weighted by molar-refractivity contribution is -0.123. The van der Waals surface area contributed by atoms with Gasteiger partial charge in [0.15, 0.2) is 0 Å². The lowest BCUT2D eigenvalue weighted by Crippen LogP contribution is -2.47. The molecule has 0 bridgehead atoms. The van der Waals surface area contributed by atoms with Gasteiger partial charge in [-0.3, -0.25) is 14.9 Å². The molecule has 2 heterocycles. The summed E-state index contributed by atoms with van der Waals surface area (Å²) in [5.74, 6) is -0.688. The zero-order chi connectivity index (χ0) is 13.8. The van der Waals surface area contributed by atoms with E-state index >= 15 is 0 Å². The summed E-state index contributed by atoms with van der Waals surface area (Å²) in [7, 11) is 0. The SMILES string of the molecule is O=C1CC[C@@H](C(=O)NCc2ccc(Cl)s2)NC(=O)N1. The van der Waals surface area contributed by atoms with E-state index in [9.17, 15) is 14.4 Å². The topological polar surface area (TPSA) is 87.3 Å². The highest BCUT2D eigenvalue weighted by Crippen LogP contribution is 2.21. The van der Waals surface area contributed by atoms with Crippen molar-refractivity contribution in [3.63, 3.8) is 0 Å². The van der Waals surface area contributed by atoms with E-state index in [1.807, 2.05) is 6.07 Å². The number of carbonyl (C=O) groups is 3. The van der Waals surface area contributed by atoms with Gasteiger partial charge in [-0.1, -0.05) is 11.6 Å². The standard InChI is InChI=1S/C11H12ClN3O3S/c12-8-3-1-6(19-8)5-13-10(17)7-2-4-9(16)15-11(18)14-7/h1,3,7H,2,4-5H2,(H,13,17)(H2,14,15,16,18)/t7-/m0/s1. The predicted octanol–water partition coefficient (Wildman–Crippen LogP) is 1.01. The molecule has 6 nitrogen and oxygen atoms in total. The first-order valence-corrected chi connectivity index (χ1v) is 6.86. The van der Waals surface area contributed by atoms with Crippen molar-refractivity contribution in [3.05, 3.63) is 21.3 Å². The molecule has 1 atom stereocenters. The molecule has 8 heteroatoms. The molecule has 19 heavy (non-hydrogen) atoms. The molecule has 1 aromatic rings. The van der Waals surface area contributed by atoms with Crippen molar-refractivity contribution in [2.75, 3.05) is 0 Å². The van der Waals surface area contributed by atoms with E-state index in [0.717, 1.165) is 4.88 Å². The number of nitrogens with one attached hydrogen (secondary N) is 3. The van der Waals surface area contributed by atoms with Gasteiger partial charge in [-0.25, -0.2) is 4.79 Å². The van der Waals surface area contributed by atoms with Crippen LogP contribution in [0.2, 0.25) is 4.34 Å². The lowest BCUT2D eigenvalue weighted by atomic mass is 10.1. The minimum absolute atomic E-state index is 0.141. The van der Waals surface area contributed by atoms with E-state index in [1.54, 1.807) is 6.07 Å². The molecule has 1 aromatic heterocycles. The van der Waals surface area contributed by atoms with E-state index in [1.165, 1.54) is 11.3 Å². The molecule has 2 rings (SSSR count). The molecule has 0 saturated carbocycles. The van der Waals surface area contributed by atoms with Gasteiger partial charge in [-0.2, -0.15) is 0 Å². The van der Waals surface area contributed by atoms with Crippen LogP contribution >= 0.6 is 22.9 Å². The first-order chi connectivity index (χ1) is 9.04. The Morgan fingerprint density at radius 2 is 2.26 bits per heavy atom. The van der Waals surface area contributed by atoms with Crippen LogP contribution in [0, 0.1) is 0 Å². The van der Waals surface area contributed by atoms with Crippen LogP contribution in [0.3, 0.4) is 0 Å². The summed E-state index contributed by atoms with van der Waals surface area (Å²) in [6.07, 6.45) is 0.427. The van der Waals surface area contributed by atoms with Gasteiger partial charge >= 0.3 is 6.03 Å². The van der Waals surface area contributed by atoms with Crippen molar-refractivity contribution < 1.29 is 14.4 Å². The zero-order valence-corrected chi connectivity index (χ0v) is 11.4. The molecule has 0 spiro atoms. The molecule has 1 saturated heterocycles. The fourth-order valence-electron chi connectivity index (χ4n) is 1.67. The second kappa shape index (κ2) is 6.03. The monoisotopic (exact) mass is 301 g/mol. The number of rotatable bonds is 3. The van der Waals surface area contributed by atoms with Crippen LogP contribution in [0.4, 0.5) is 4.79 Å². The van der Waals surface area contributed by atoms with E-state index in [0.29, 0.717) is 10.9 Å². The highest BCUT2D eigenvalue weighted by Gasteiger charge is 2.25. The number of imide groups is 1. The molecule has 102 valence electrons. The Kier molecular flexibility index (Phi) is 4.39. The van der Waals surface area contributed by atoms with Gasteiger partial charge in [0, 0.05) is 11.3 Å². The molecule has 1 aliphatic heterocycles. The molecule has 1 aliphatic rings. The highest BCUT2D eigenvalue weighted by atomic mass is 35.5. The fraction of sp³-hybridized carbons (Fsp3) is 0.364. The molecule has 0 aliphatic carbocycles. The fourth-order valence-corrected chi connectivity index (χ4v) is 2.70. The van der Waals surface area contributed by atoms with E-state index in [2.05, 4.69) is 16.0 Å². The third kappa shape index (κ3) is 3.93. The second-order valence-corrected chi connectivity index (χ2v) is 5.84. The Labute approximate surface area is 118 Å². The van der Waals surface area contributed by atoms with Crippen LogP contribution in [0.25, 0.3) is 0 Å². The van der Waals surface area contributed by atoms with E-state index < -0.39 is 12.1 Å². The highest BCUT2D eigenvalue weighted by molar-refractivity contribution is 7.16. The number of urea groups is 1. The van der Waals surface area contributed by atoms with Gasteiger partial charge in [0.2, 0.25) is 11.8 Å². The number of hydrogen-bond donors (Lipinski definition) is 3. The van der Waals surface area contributed by atoms with E-state index in [-0.39, 0.29) is 24.7 Å². The van der Waals surface area contributed by atoms with E-state index in [4.69, 9.17) is 11.6 Å². The number of carbonyl (C=O) groups excluding carboxylic acids is 3. The number of halogens is 1. The van der Waals surface area contributed by atoms with Crippen molar-refractivity contribution in [3.8, 4) is 0 Å². The molecule has 3 N–H and O–H groups in total. The normalized spacial score (nSPS) is 19.3. The summed E-state index contributed by atoms with van der Waals surface area (Å²) < 4.78 is 0.654. The number of thiophene rings is 1. The molecule has 0 aromatic carbocycles. The molecule has 4 amide bonds. The molecule has 1 fully saturated rings. The van der Waals surface area contributed by atoms with Crippen LogP contribution in [0.15, 0.2) is 12.1 Å². The number of amides is 4. The van der Waals surface area contributed by atoms with Crippen molar-refractivity contribution in [1.82, 2.24) is 16.0 Å². The van der Waals surface area contributed by atoms with Crippen molar-refractivity contribution >= 4 is 40.8 Å². The third-order valence-corrected chi connectivity index (χ3v) is 3.83. The summed E-state index contributed by atoms with van der Waals surface area (Å²) >= 11 is 7.16. The minimum atomic E-state index is -0.693. The van der Waals surface area contributed by atoms with Gasteiger partial charge in [0.1, 0.15) is 6.04 Å². The maximum Gasteiger partial charge on any atom is 0.322 e. The van der Waals surface area contributed by atoms with Gasteiger partial charge in [-0.15, -0.1) is 11.3 Å². The largest absolute Gasteiger partial charge is 0.349 e. The molecule has 0 unspecified atom stereocenters. The average molecular weight is 302 g/mol. The minimum Gasteiger partial charge on any atom is -0.349 e. The Morgan fingerprint density at radius 3 is 2.95 bits per heavy atom. The van der Waals surface area contributed by atoms with Crippen LogP contribution in [0.1, 0.15) is 17.7 Å². The predicted molar refractivity (Wildman–Crippen MR) is 70.9 cm³/mol. The van der Waals surface area contributed by atoms with Gasteiger partial charge in [0.05, 0.1) is 10.9 Å².